The number of carbonyl (C=O) groups excluding carboxylic acids is 1. The normalized spacial score (nSPS) is 16.8. The van der Waals surface area contributed by atoms with Crippen molar-refractivity contribution in [2.75, 3.05) is 13.2 Å². The summed E-state index contributed by atoms with van der Waals surface area (Å²) >= 11 is 3.42. The van der Waals surface area contributed by atoms with Gasteiger partial charge in [-0.15, -0.1) is 0 Å². The van der Waals surface area contributed by atoms with Crippen LogP contribution in [0.1, 0.15) is 38.7 Å². The summed E-state index contributed by atoms with van der Waals surface area (Å²) in [6, 6.07) is 8.02. The van der Waals surface area contributed by atoms with Gasteiger partial charge in [-0.2, -0.15) is 0 Å². The summed E-state index contributed by atoms with van der Waals surface area (Å²) in [6.45, 7) is 4.87. The van der Waals surface area contributed by atoms with Gasteiger partial charge in [0.05, 0.1) is 5.41 Å². The van der Waals surface area contributed by atoms with Gasteiger partial charge >= 0.3 is 0 Å². The van der Waals surface area contributed by atoms with Crippen LogP contribution < -0.4 is 5.32 Å². The molecule has 0 aliphatic heterocycles. The molecule has 4 heteroatoms. The van der Waals surface area contributed by atoms with Crippen molar-refractivity contribution in [3.63, 3.8) is 0 Å². The first kappa shape index (κ1) is 15.5. The molecule has 1 aromatic carbocycles. The monoisotopic (exact) mass is 339 g/mol. The van der Waals surface area contributed by atoms with Gasteiger partial charge in [0.25, 0.3) is 0 Å². The van der Waals surface area contributed by atoms with E-state index in [2.05, 4.69) is 35.1 Å². The van der Waals surface area contributed by atoms with Crippen LogP contribution in [0, 0.1) is 5.41 Å². The Morgan fingerprint density at radius 3 is 2.45 bits per heavy atom. The number of rotatable bonds is 6. The number of nitrogens with one attached hydrogen (secondary N) is 1. The quantitative estimate of drug-likeness (QED) is 0.836. The number of amides is 1. The Morgan fingerprint density at radius 1 is 1.35 bits per heavy atom. The molecule has 0 unspecified atom stereocenters. The molecule has 0 bridgehead atoms. The van der Waals surface area contributed by atoms with Crippen LogP contribution in [-0.2, 0) is 10.2 Å². The topological polar surface area (TPSA) is 49.3 Å². The van der Waals surface area contributed by atoms with E-state index in [9.17, 15) is 4.79 Å². The Balaban J connectivity index is 2.00. The summed E-state index contributed by atoms with van der Waals surface area (Å²) in [5.74, 6) is 0.117. The molecule has 0 atom stereocenters. The first-order valence-corrected chi connectivity index (χ1v) is 7.84. The number of aliphatic hydroxyl groups is 1. The van der Waals surface area contributed by atoms with Crippen LogP contribution in [-0.4, -0.2) is 24.2 Å². The van der Waals surface area contributed by atoms with Gasteiger partial charge in [0.2, 0.25) is 5.91 Å². The number of halogens is 1. The lowest BCUT2D eigenvalue weighted by atomic mass is 9.88. The highest BCUT2D eigenvalue weighted by molar-refractivity contribution is 9.10. The second-order valence-corrected chi connectivity index (χ2v) is 7.33. The molecular weight excluding hydrogens is 318 g/mol. The third-order valence-electron chi connectivity index (χ3n) is 4.10. The number of benzene rings is 1. The molecule has 0 spiro atoms. The lowest BCUT2D eigenvalue weighted by Crippen LogP contribution is -2.40. The number of hydrogen-bond acceptors (Lipinski definition) is 2. The van der Waals surface area contributed by atoms with Gasteiger partial charge in [0.15, 0.2) is 0 Å². The SMILES string of the molecule is CC(C)(CCO)CNC(=O)C1(c2ccc(Br)cc2)CC1. The Bertz CT molecular complexity index is 478. The van der Waals surface area contributed by atoms with Crippen LogP contribution in [0.2, 0.25) is 0 Å². The summed E-state index contributed by atoms with van der Waals surface area (Å²) in [5.41, 5.74) is 0.703. The van der Waals surface area contributed by atoms with Crippen molar-refractivity contribution >= 4 is 21.8 Å². The smallest absolute Gasteiger partial charge is 0.230 e. The van der Waals surface area contributed by atoms with Crippen molar-refractivity contribution in [2.24, 2.45) is 5.41 Å². The minimum atomic E-state index is -0.323. The fourth-order valence-electron chi connectivity index (χ4n) is 2.42. The molecule has 0 radical (unpaired) electrons. The Hall–Kier alpha value is -0.870. The zero-order chi connectivity index (χ0) is 14.8. The highest BCUT2D eigenvalue weighted by Gasteiger charge is 2.51. The molecule has 1 aromatic rings. The summed E-state index contributed by atoms with van der Waals surface area (Å²) in [4.78, 5) is 12.5. The highest BCUT2D eigenvalue weighted by atomic mass is 79.9. The maximum atomic E-state index is 12.5. The van der Waals surface area contributed by atoms with E-state index in [1.165, 1.54) is 0 Å². The third-order valence-corrected chi connectivity index (χ3v) is 4.63. The molecular formula is C16H22BrNO2. The van der Waals surface area contributed by atoms with E-state index in [0.717, 1.165) is 22.9 Å². The van der Waals surface area contributed by atoms with Crippen molar-refractivity contribution < 1.29 is 9.90 Å². The van der Waals surface area contributed by atoms with Crippen molar-refractivity contribution in [1.29, 1.82) is 0 Å². The molecule has 0 heterocycles. The molecule has 1 saturated carbocycles. The maximum Gasteiger partial charge on any atom is 0.230 e. The molecule has 3 nitrogen and oxygen atoms in total. The fourth-order valence-corrected chi connectivity index (χ4v) is 2.68. The predicted octanol–water partition coefficient (Wildman–Crippen LogP) is 3.01. The molecule has 1 aliphatic carbocycles. The molecule has 1 aliphatic rings. The zero-order valence-electron chi connectivity index (χ0n) is 12.1. The Labute approximate surface area is 128 Å². The number of carbonyl (C=O) groups is 1. The average Bonchev–Trinajstić information content (AvgIpc) is 3.18. The van der Waals surface area contributed by atoms with Gasteiger partial charge in [0, 0.05) is 17.6 Å². The summed E-state index contributed by atoms with van der Waals surface area (Å²) in [7, 11) is 0. The summed E-state index contributed by atoms with van der Waals surface area (Å²) in [6.07, 6.45) is 2.53. The minimum Gasteiger partial charge on any atom is -0.396 e. The van der Waals surface area contributed by atoms with E-state index >= 15 is 0 Å². The maximum absolute atomic E-state index is 12.5. The minimum absolute atomic E-state index is 0.0692. The van der Waals surface area contributed by atoms with Gasteiger partial charge < -0.3 is 10.4 Å². The lowest BCUT2D eigenvalue weighted by Gasteiger charge is -2.25. The zero-order valence-corrected chi connectivity index (χ0v) is 13.7. The second kappa shape index (κ2) is 5.86. The van der Waals surface area contributed by atoms with Gasteiger partial charge in [-0.1, -0.05) is 41.9 Å². The lowest BCUT2D eigenvalue weighted by molar-refractivity contribution is -0.124. The van der Waals surface area contributed by atoms with Crippen molar-refractivity contribution in [2.45, 2.75) is 38.5 Å². The van der Waals surface area contributed by atoms with Gasteiger partial charge in [-0.25, -0.2) is 0 Å². The van der Waals surface area contributed by atoms with E-state index < -0.39 is 0 Å². The summed E-state index contributed by atoms with van der Waals surface area (Å²) in [5, 5.41) is 12.1. The molecule has 1 amide bonds. The molecule has 110 valence electrons. The second-order valence-electron chi connectivity index (χ2n) is 6.41. The van der Waals surface area contributed by atoms with Crippen LogP contribution in [0.4, 0.5) is 0 Å². The molecule has 2 N–H and O–H groups in total. The predicted molar refractivity (Wildman–Crippen MR) is 83.5 cm³/mol. The first-order valence-electron chi connectivity index (χ1n) is 7.05. The summed E-state index contributed by atoms with van der Waals surface area (Å²) < 4.78 is 1.03. The van der Waals surface area contributed by atoms with Crippen LogP contribution in [0.15, 0.2) is 28.7 Å². The van der Waals surface area contributed by atoms with Crippen LogP contribution in [0.3, 0.4) is 0 Å². The van der Waals surface area contributed by atoms with Crippen molar-refractivity contribution in [3.05, 3.63) is 34.3 Å². The fraction of sp³-hybridized carbons (Fsp3) is 0.562. The van der Waals surface area contributed by atoms with Crippen LogP contribution >= 0.6 is 15.9 Å². The average molecular weight is 340 g/mol. The van der Waals surface area contributed by atoms with E-state index in [1.807, 2.05) is 24.3 Å². The van der Waals surface area contributed by atoms with E-state index in [1.54, 1.807) is 0 Å². The molecule has 20 heavy (non-hydrogen) atoms. The Kier molecular flexibility index (Phi) is 4.55. The van der Waals surface area contributed by atoms with E-state index in [-0.39, 0.29) is 23.3 Å². The Morgan fingerprint density at radius 2 is 1.95 bits per heavy atom. The van der Waals surface area contributed by atoms with E-state index in [0.29, 0.717) is 13.0 Å². The molecule has 0 aromatic heterocycles. The highest BCUT2D eigenvalue weighted by Crippen LogP contribution is 2.48. The largest absolute Gasteiger partial charge is 0.396 e. The van der Waals surface area contributed by atoms with Gasteiger partial charge in [-0.3, -0.25) is 4.79 Å². The third kappa shape index (κ3) is 3.41. The standard InChI is InChI=1S/C16H22BrNO2/c1-15(2,9-10-19)11-18-14(20)16(7-8-16)12-3-5-13(17)6-4-12/h3-6,19H,7-11H2,1-2H3,(H,18,20). The molecule has 0 saturated heterocycles. The van der Waals surface area contributed by atoms with Gasteiger partial charge in [0.1, 0.15) is 0 Å². The van der Waals surface area contributed by atoms with E-state index in [4.69, 9.17) is 5.11 Å². The van der Waals surface area contributed by atoms with Gasteiger partial charge in [-0.05, 0) is 42.4 Å². The van der Waals surface area contributed by atoms with Crippen LogP contribution in [0.5, 0.6) is 0 Å². The molecule has 2 rings (SSSR count). The number of aliphatic hydroxyl groups excluding tert-OH is 1. The number of hydrogen-bond donors (Lipinski definition) is 2. The van der Waals surface area contributed by atoms with Crippen molar-refractivity contribution in [3.8, 4) is 0 Å². The first-order chi connectivity index (χ1) is 9.39. The van der Waals surface area contributed by atoms with Crippen LogP contribution in [0.25, 0.3) is 0 Å². The van der Waals surface area contributed by atoms with Crippen molar-refractivity contribution in [1.82, 2.24) is 5.32 Å². The molecule has 1 fully saturated rings.